The maximum absolute atomic E-state index is 13.2. The molecule has 17 heavy (non-hydrogen) atoms. The lowest BCUT2D eigenvalue weighted by molar-refractivity contribution is 0.628. The molecule has 88 valence electrons. The minimum absolute atomic E-state index is 0.346. The summed E-state index contributed by atoms with van der Waals surface area (Å²) in [5, 5.41) is 3.39. The zero-order valence-electron chi connectivity index (χ0n) is 9.30. The number of nitrogens with two attached hydrogens (primary N) is 1. The number of rotatable bonds is 2. The van der Waals surface area contributed by atoms with Crippen LogP contribution < -0.4 is 11.1 Å². The van der Waals surface area contributed by atoms with Crippen LogP contribution >= 0.6 is 11.6 Å². The normalized spacial score (nSPS) is 10.3. The molecule has 0 aliphatic carbocycles. The van der Waals surface area contributed by atoms with E-state index in [4.69, 9.17) is 17.3 Å². The zero-order valence-corrected chi connectivity index (χ0v) is 10.1. The molecule has 0 radical (unpaired) electrons. The van der Waals surface area contributed by atoms with E-state index in [2.05, 4.69) is 5.32 Å². The van der Waals surface area contributed by atoms with Gasteiger partial charge in [0, 0.05) is 10.7 Å². The number of nitrogen functional groups attached to an aromatic ring is 1. The molecule has 0 saturated carbocycles. The third kappa shape index (κ3) is 2.68. The topological polar surface area (TPSA) is 38.0 Å². The molecule has 0 unspecified atom stereocenters. The maximum Gasteiger partial charge on any atom is 0.126 e. The van der Waals surface area contributed by atoms with Crippen LogP contribution in [0.1, 0.15) is 5.56 Å². The van der Waals surface area contributed by atoms with Crippen LogP contribution in [0.4, 0.5) is 21.5 Å². The van der Waals surface area contributed by atoms with Crippen molar-refractivity contribution in [2.75, 3.05) is 11.1 Å². The average molecular weight is 251 g/mol. The van der Waals surface area contributed by atoms with E-state index >= 15 is 0 Å². The van der Waals surface area contributed by atoms with Gasteiger partial charge in [0.2, 0.25) is 0 Å². The molecule has 0 aliphatic rings. The first kappa shape index (κ1) is 11.7. The van der Waals surface area contributed by atoms with E-state index in [1.165, 1.54) is 12.1 Å². The lowest BCUT2D eigenvalue weighted by atomic mass is 10.1. The molecule has 0 heterocycles. The number of aryl methyl sites for hydroxylation is 1. The molecular weight excluding hydrogens is 239 g/mol. The van der Waals surface area contributed by atoms with Gasteiger partial charge in [-0.1, -0.05) is 23.7 Å². The van der Waals surface area contributed by atoms with Gasteiger partial charge in [0.25, 0.3) is 0 Å². The summed E-state index contributed by atoms with van der Waals surface area (Å²) in [4.78, 5) is 0. The van der Waals surface area contributed by atoms with Crippen molar-refractivity contribution in [3.05, 3.63) is 52.8 Å². The highest BCUT2D eigenvalue weighted by Gasteiger charge is 2.04. The van der Waals surface area contributed by atoms with Gasteiger partial charge in [0.05, 0.1) is 11.4 Å². The summed E-state index contributed by atoms with van der Waals surface area (Å²) >= 11 is 5.78. The molecule has 0 aromatic heterocycles. The molecule has 2 rings (SSSR count). The summed E-state index contributed by atoms with van der Waals surface area (Å²) < 4.78 is 13.2. The molecule has 0 atom stereocenters. The van der Waals surface area contributed by atoms with Gasteiger partial charge < -0.3 is 11.1 Å². The monoisotopic (exact) mass is 250 g/mol. The van der Waals surface area contributed by atoms with Gasteiger partial charge in [-0.15, -0.1) is 0 Å². The van der Waals surface area contributed by atoms with E-state index < -0.39 is 0 Å². The number of nitrogens with one attached hydrogen (secondary N) is 1. The van der Waals surface area contributed by atoms with Crippen LogP contribution in [-0.2, 0) is 0 Å². The van der Waals surface area contributed by atoms with Crippen molar-refractivity contribution < 1.29 is 4.39 Å². The highest BCUT2D eigenvalue weighted by atomic mass is 35.5. The van der Waals surface area contributed by atoms with Gasteiger partial charge in [-0.05, 0) is 36.8 Å². The molecule has 0 aliphatic heterocycles. The molecule has 2 aromatic carbocycles. The largest absolute Gasteiger partial charge is 0.397 e. The molecule has 0 saturated heterocycles. The van der Waals surface area contributed by atoms with E-state index in [9.17, 15) is 4.39 Å². The third-order valence-corrected chi connectivity index (χ3v) is 2.68. The Morgan fingerprint density at radius 3 is 2.71 bits per heavy atom. The van der Waals surface area contributed by atoms with Crippen molar-refractivity contribution in [2.24, 2.45) is 0 Å². The summed E-state index contributed by atoms with van der Waals surface area (Å²) in [6.45, 7) is 1.92. The van der Waals surface area contributed by atoms with Crippen LogP contribution in [0.5, 0.6) is 0 Å². The van der Waals surface area contributed by atoms with Crippen molar-refractivity contribution >= 4 is 28.7 Å². The summed E-state index contributed by atoms with van der Waals surface area (Å²) in [7, 11) is 0. The Bertz CT molecular complexity index is 535. The fourth-order valence-corrected chi connectivity index (χ4v) is 1.79. The first-order valence-electron chi connectivity index (χ1n) is 5.14. The fraction of sp³-hybridized carbons (Fsp3) is 0.0769. The highest BCUT2D eigenvalue weighted by molar-refractivity contribution is 6.30. The summed E-state index contributed by atoms with van der Waals surface area (Å²) in [5.41, 5.74) is 8.85. The van der Waals surface area contributed by atoms with Crippen molar-refractivity contribution in [2.45, 2.75) is 6.92 Å². The highest BCUT2D eigenvalue weighted by Crippen LogP contribution is 2.27. The van der Waals surface area contributed by atoms with Crippen molar-refractivity contribution in [3.63, 3.8) is 0 Å². The van der Waals surface area contributed by atoms with Crippen LogP contribution in [0.15, 0.2) is 36.4 Å². The van der Waals surface area contributed by atoms with Crippen LogP contribution in [0, 0.1) is 12.7 Å². The summed E-state index contributed by atoms with van der Waals surface area (Å²) in [6.07, 6.45) is 0. The van der Waals surface area contributed by atoms with Gasteiger partial charge >= 0.3 is 0 Å². The second-order valence-electron chi connectivity index (χ2n) is 3.82. The maximum atomic E-state index is 13.2. The van der Waals surface area contributed by atoms with Gasteiger partial charge in [0.1, 0.15) is 5.82 Å². The average Bonchev–Trinajstić information content (AvgIpc) is 2.23. The second-order valence-corrected chi connectivity index (χ2v) is 4.26. The van der Waals surface area contributed by atoms with E-state index in [1.807, 2.05) is 25.1 Å². The van der Waals surface area contributed by atoms with Crippen LogP contribution in [0.25, 0.3) is 0 Å². The predicted octanol–water partition coefficient (Wildman–Crippen LogP) is 4.11. The van der Waals surface area contributed by atoms with E-state index in [0.717, 1.165) is 11.3 Å². The minimum atomic E-state index is -0.383. The Kier molecular flexibility index (Phi) is 3.20. The molecular formula is C13H12ClFN2. The number of halogens is 2. The first-order valence-corrected chi connectivity index (χ1v) is 5.52. The molecule has 0 amide bonds. The Morgan fingerprint density at radius 2 is 2.00 bits per heavy atom. The Balaban J connectivity index is 2.34. The molecule has 0 bridgehead atoms. The van der Waals surface area contributed by atoms with Crippen LogP contribution in [0.2, 0.25) is 5.02 Å². The zero-order chi connectivity index (χ0) is 12.4. The quantitative estimate of drug-likeness (QED) is 0.787. The Labute approximate surface area is 104 Å². The van der Waals surface area contributed by atoms with E-state index in [1.54, 1.807) is 6.07 Å². The SMILES string of the molecule is Cc1cccc(Nc2cc(F)cc(Cl)c2)c1N. The van der Waals surface area contributed by atoms with Crippen molar-refractivity contribution in [1.82, 2.24) is 0 Å². The third-order valence-electron chi connectivity index (χ3n) is 2.47. The smallest absolute Gasteiger partial charge is 0.126 e. The van der Waals surface area contributed by atoms with Gasteiger partial charge in [-0.25, -0.2) is 4.39 Å². The van der Waals surface area contributed by atoms with E-state index in [0.29, 0.717) is 16.4 Å². The Hall–Kier alpha value is -1.74. The van der Waals surface area contributed by atoms with Crippen molar-refractivity contribution in [3.8, 4) is 0 Å². The summed E-state index contributed by atoms with van der Waals surface area (Å²) in [5.74, 6) is -0.383. The van der Waals surface area contributed by atoms with Crippen LogP contribution in [0.3, 0.4) is 0 Å². The minimum Gasteiger partial charge on any atom is -0.397 e. The van der Waals surface area contributed by atoms with Gasteiger partial charge in [-0.2, -0.15) is 0 Å². The fourth-order valence-electron chi connectivity index (χ4n) is 1.57. The summed E-state index contributed by atoms with van der Waals surface area (Å²) in [6, 6.07) is 9.90. The molecule has 2 aromatic rings. The van der Waals surface area contributed by atoms with Crippen LogP contribution in [-0.4, -0.2) is 0 Å². The number of para-hydroxylation sites is 1. The molecule has 0 fully saturated rings. The first-order chi connectivity index (χ1) is 8.06. The van der Waals surface area contributed by atoms with Crippen molar-refractivity contribution in [1.29, 1.82) is 0 Å². The number of benzene rings is 2. The second kappa shape index (κ2) is 4.63. The standard InChI is InChI=1S/C13H12ClFN2/c1-8-3-2-4-12(13(8)16)17-11-6-9(14)5-10(15)7-11/h2-7,17H,16H2,1H3. The predicted molar refractivity (Wildman–Crippen MR) is 70.3 cm³/mol. The van der Waals surface area contributed by atoms with Gasteiger partial charge in [-0.3, -0.25) is 0 Å². The molecule has 0 spiro atoms. The lowest BCUT2D eigenvalue weighted by Gasteiger charge is -2.11. The lowest BCUT2D eigenvalue weighted by Crippen LogP contribution is -1.98. The number of hydrogen-bond donors (Lipinski definition) is 2. The number of anilines is 3. The molecule has 4 heteroatoms. The molecule has 3 N–H and O–H groups in total. The van der Waals surface area contributed by atoms with E-state index in [-0.39, 0.29) is 5.82 Å². The molecule has 2 nitrogen and oxygen atoms in total. The van der Waals surface area contributed by atoms with Gasteiger partial charge in [0.15, 0.2) is 0 Å². The Morgan fingerprint density at radius 1 is 1.24 bits per heavy atom. The number of hydrogen-bond acceptors (Lipinski definition) is 2.